The second-order valence-electron chi connectivity index (χ2n) is 4.52. The fraction of sp³-hybridized carbons (Fsp3) is 0.583. The molecule has 0 aromatic carbocycles. The molecular formula is C12H18N4O2. The lowest BCUT2D eigenvalue weighted by atomic mass is 10.3. The minimum Gasteiger partial charge on any atom is -0.481 e. The molecule has 0 bridgehead atoms. The molecule has 1 aliphatic rings. The molecule has 0 atom stereocenters. The second kappa shape index (κ2) is 5.77. The Morgan fingerprint density at radius 3 is 2.78 bits per heavy atom. The summed E-state index contributed by atoms with van der Waals surface area (Å²) in [5, 5.41) is 8.65. The number of aryl methyl sites for hydroxylation is 1. The van der Waals surface area contributed by atoms with E-state index in [4.69, 9.17) is 5.11 Å². The van der Waals surface area contributed by atoms with E-state index in [0.717, 1.165) is 32.0 Å². The third kappa shape index (κ3) is 3.40. The van der Waals surface area contributed by atoms with Crippen LogP contribution >= 0.6 is 0 Å². The molecular weight excluding hydrogens is 232 g/mol. The smallest absolute Gasteiger partial charge is 0.303 e. The summed E-state index contributed by atoms with van der Waals surface area (Å²) in [5.41, 5.74) is 0. The zero-order valence-corrected chi connectivity index (χ0v) is 10.5. The summed E-state index contributed by atoms with van der Waals surface area (Å²) in [7, 11) is 2.11. The normalized spacial score (nSPS) is 16.8. The van der Waals surface area contributed by atoms with Crippen molar-refractivity contribution in [2.45, 2.75) is 12.8 Å². The van der Waals surface area contributed by atoms with Gasteiger partial charge < -0.3 is 14.9 Å². The van der Waals surface area contributed by atoms with Crippen LogP contribution in [-0.2, 0) is 11.2 Å². The van der Waals surface area contributed by atoms with E-state index in [0.29, 0.717) is 12.2 Å². The molecule has 6 nitrogen and oxygen atoms in total. The van der Waals surface area contributed by atoms with Gasteiger partial charge in [0.25, 0.3) is 0 Å². The summed E-state index contributed by atoms with van der Waals surface area (Å²) in [6.45, 7) is 3.95. The number of rotatable bonds is 4. The quantitative estimate of drug-likeness (QED) is 0.826. The zero-order chi connectivity index (χ0) is 13.0. The van der Waals surface area contributed by atoms with Gasteiger partial charge in [-0.3, -0.25) is 4.79 Å². The molecule has 18 heavy (non-hydrogen) atoms. The highest BCUT2D eigenvalue weighted by Gasteiger charge is 2.15. The van der Waals surface area contributed by atoms with Crippen LogP contribution in [0.3, 0.4) is 0 Å². The van der Waals surface area contributed by atoms with Crippen LogP contribution in [0.15, 0.2) is 12.3 Å². The predicted octanol–water partition coefficient (Wildman–Crippen LogP) is 0.246. The maximum Gasteiger partial charge on any atom is 0.303 e. The number of piperazine rings is 1. The van der Waals surface area contributed by atoms with E-state index in [2.05, 4.69) is 26.8 Å². The summed E-state index contributed by atoms with van der Waals surface area (Å²) in [4.78, 5) is 23.6. The number of likely N-dealkylation sites (N-methyl/N-ethyl adjacent to an activating group) is 1. The monoisotopic (exact) mass is 250 g/mol. The topological polar surface area (TPSA) is 69.6 Å². The first-order chi connectivity index (χ1) is 8.65. The SMILES string of the molecule is CN1CCN(c2ccnc(CCC(=O)O)n2)CC1. The summed E-state index contributed by atoms with van der Waals surface area (Å²) in [5.74, 6) is 0.691. The number of hydrogen-bond donors (Lipinski definition) is 1. The fourth-order valence-electron chi connectivity index (χ4n) is 1.94. The van der Waals surface area contributed by atoms with Crippen molar-refractivity contribution in [3.8, 4) is 0 Å². The summed E-state index contributed by atoms with van der Waals surface area (Å²) in [6, 6.07) is 1.88. The Bertz CT molecular complexity index is 416. The number of nitrogens with zero attached hydrogens (tertiary/aromatic N) is 4. The minimum absolute atomic E-state index is 0.0756. The number of carbonyl (C=O) groups is 1. The summed E-state index contributed by atoms with van der Waals surface area (Å²) in [6.07, 6.45) is 2.17. The molecule has 1 aromatic rings. The van der Waals surface area contributed by atoms with Gasteiger partial charge in [0.15, 0.2) is 0 Å². The van der Waals surface area contributed by atoms with Crippen molar-refractivity contribution >= 4 is 11.8 Å². The molecule has 0 spiro atoms. The number of anilines is 1. The van der Waals surface area contributed by atoms with Crippen molar-refractivity contribution in [2.24, 2.45) is 0 Å². The maximum absolute atomic E-state index is 10.5. The van der Waals surface area contributed by atoms with Gasteiger partial charge in [0.05, 0.1) is 6.42 Å². The van der Waals surface area contributed by atoms with Crippen LogP contribution in [0.5, 0.6) is 0 Å². The molecule has 0 radical (unpaired) electrons. The van der Waals surface area contributed by atoms with Crippen LogP contribution in [0, 0.1) is 0 Å². The van der Waals surface area contributed by atoms with E-state index < -0.39 is 5.97 Å². The van der Waals surface area contributed by atoms with E-state index in [1.165, 1.54) is 0 Å². The van der Waals surface area contributed by atoms with E-state index in [1.807, 2.05) is 6.07 Å². The van der Waals surface area contributed by atoms with Crippen molar-refractivity contribution in [2.75, 3.05) is 38.1 Å². The molecule has 0 unspecified atom stereocenters. The van der Waals surface area contributed by atoms with Gasteiger partial charge in [-0.2, -0.15) is 0 Å². The summed E-state index contributed by atoms with van der Waals surface area (Å²) >= 11 is 0. The van der Waals surface area contributed by atoms with Crippen molar-refractivity contribution in [1.82, 2.24) is 14.9 Å². The van der Waals surface area contributed by atoms with Gasteiger partial charge in [-0.15, -0.1) is 0 Å². The van der Waals surface area contributed by atoms with Crippen LogP contribution in [0.25, 0.3) is 0 Å². The Morgan fingerprint density at radius 2 is 2.11 bits per heavy atom. The number of carboxylic acid groups (broad SMARTS) is 1. The Hall–Kier alpha value is -1.69. The maximum atomic E-state index is 10.5. The Labute approximate surface area is 106 Å². The number of carboxylic acids is 1. The van der Waals surface area contributed by atoms with Crippen LogP contribution in [0.4, 0.5) is 5.82 Å². The fourth-order valence-corrected chi connectivity index (χ4v) is 1.94. The van der Waals surface area contributed by atoms with Crippen molar-refractivity contribution < 1.29 is 9.90 Å². The molecule has 0 amide bonds. The lowest BCUT2D eigenvalue weighted by Crippen LogP contribution is -2.44. The molecule has 0 aliphatic carbocycles. The highest BCUT2D eigenvalue weighted by molar-refractivity contribution is 5.66. The van der Waals surface area contributed by atoms with Crippen LogP contribution in [-0.4, -0.2) is 59.2 Å². The molecule has 1 aromatic heterocycles. The highest BCUT2D eigenvalue weighted by atomic mass is 16.4. The van der Waals surface area contributed by atoms with Gasteiger partial charge >= 0.3 is 5.97 Å². The Kier molecular flexibility index (Phi) is 4.09. The van der Waals surface area contributed by atoms with E-state index in [9.17, 15) is 4.79 Å². The Morgan fingerprint density at radius 1 is 1.39 bits per heavy atom. The van der Waals surface area contributed by atoms with Gasteiger partial charge in [-0.25, -0.2) is 9.97 Å². The van der Waals surface area contributed by atoms with Crippen molar-refractivity contribution in [1.29, 1.82) is 0 Å². The van der Waals surface area contributed by atoms with Gasteiger partial charge in [0.2, 0.25) is 0 Å². The minimum atomic E-state index is -0.816. The predicted molar refractivity (Wildman–Crippen MR) is 67.7 cm³/mol. The van der Waals surface area contributed by atoms with Crippen molar-refractivity contribution in [3.05, 3.63) is 18.1 Å². The highest BCUT2D eigenvalue weighted by Crippen LogP contribution is 2.13. The molecule has 1 fully saturated rings. The third-order valence-electron chi connectivity index (χ3n) is 3.08. The molecule has 2 rings (SSSR count). The van der Waals surface area contributed by atoms with E-state index >= 15 is 0 Å². The molecule has 0 saturated carbocycles. The average molecular weight is 250 g/mol. The standard InChI is InChI=1S/C12H18N4O2/c1-15-6-8-16(9-7-15)11-4-5-13-10(14-11)2-3-12(17)18/h4-5H,2-3,6-9H2,1H3,(H,17,18). The second-order valence-corrected chi connectivity index (χ2v) is 4.52. The lowest BCUT2D eigenvalue weighted by molar-refractivity contribution is -0.137. The lowest BCUT2D eigenvalue weighted by Gasteiger charge is -2.33. The van der Waals surface area contributed by atoms with Crippen molar-refractivity contribution in [3.63, 3.8) is 0 Å². The largest absolute Gasteiger partial charge is 0.481 e. The number of aliphatic carboxylic acids is 1. The number of aromatic nitrogens is 2. The van der Waals surface area contributed by atoms with Crippen LogP contribution in [0.1, 0.15) is 12.2 Å². The van der Waals surface area contributed by atoms with E-state index in [1.54, 1.807) is 6.20 Å². The van der Waals surface area contributed by atoms with Crippen LogP contribution < -0.4 is 4.90 Å². The average Bonchev–Trinajstić information content (AvgIpc) is 2.37. The van der Waals surface area contributed by atoms with Gasteiger partial charge in [0, 0.05) is 38.8 Å². The molecule has 98 valence electrons. The van der Waals surface area contributed by atoms with Gasteiger partial charge in [-0.1, -0.05) is 0 Å². The molecule has 1 aliphatic heterocycles. The Balaban J connectivity index is 2.00. The van der Waals surface area contributed by atoms with Crippen LogP contribution in [0.2, 0.25) is 0 Å². The molecule has 1 N–H and O–H groups in total. The third-order valence-corrected chi connectivity index (χ3v) is 3.08. The van der Waals surface area contributed by atoms with Gasteiger partial charge in [-0.05, 0) is 13.1 Å². The first kappa shape index (κ1) is 12.8. The molecule has 1 saturated heterocycles. The summed E-state index contributed by atoms with van der Waals surface area (Å²) < 4.78 is 0. The molecule has 2 heterocycles. The first-order valence-corrected chi connectivity index (χ1v) is 6.12. The molecule has 6 heteroatoms. The first-order valence-electron chi connectivity index (χ1n) is 6.12. The van der Waals surface area contributed by atoms with Gasteiger partial charge in [0.1, 0.15) is 11.6 Å². The number of hydrogen-bond acceptors (Lipinski definition) is 5. The van der Waals surface area contributed by atoms with E-state index in [-0.39, 0.29) is 6.42 Å². The zero-order valence-electron chi connectivity index (χ0n) is 10.5.